The molecular weight excluding hydrogens is 334 g/mol. The number of ether oxygens (including phenoxy) is 2. The van der Waals surface area contributed by atoms with E-state index in [0.29, 0.717) is 30.2 Å². The molecule has 1 heterocycles. The predicted molar refractivity (Wildman–Crippen MR) is 89.6 cm³/mol. The Balaban J connectivity index is 2.14. The van der Waals surface area contributed by atoms with E-state index in [2.05, 4.69) is 0 Å². The van der Waals surface area contributed by atoms with Crippen molar-refractivity contribution < 1.29 is 22.7 Å². The molecule has 8 nitrogen and oxygen atoms in total. The lowest BCUT2D eigenvalue weighted by Gasteiger charge is -2.35. The monoisotopic (exact) mass is 357 g/mol. The molecule has 0 N–H and O–H groups in total. The molecule has 134 valence electrons. The van der Waals surface area contributed by atoms with Crippen LogP contribution in [0.1, 0.15) is 10.4 Å². The van der Waals surface area contributed by atoms with Crippen LogP contribution in [0, 0.1) is 0 Å². The standard InChI is InChI=1S/C15H23N3O5S/c1-16(2)24(20,21)18-9-7-17(8-10-18)15(19)13-11-12(22-3)5-6-14(13)23-4/h5-6,11H,7-10H2,1-4H3. The van der Waals surface area contributed by atoms with Gasteiger partial charge in [0, 0.05) is 40.3 Å². The summed E-state index contributed by atoms with van der Waals surface area (Å²) in [4.78, 5) is 14.4. The van der Waals surface area contributed by atoms with Crippen LogP contribution in [0.3, 0.4) is 0 Å². The van der Waals surface area contributed by atoms with Crippen molar-refractivity contribution >= 4 is 16.1 Å². The van der Waals surface area contributed by atoms with Gasteiger partial charge in [-0.2, -0.15) is 17.0 Å². The fourth-order valence-electron chi connectivity index (χ4n) is 2.50. The average Bonchev–Trinajstić information content (AvgIpc) is 2.60. The highest BCUT2D eigenvalue weighted by atomic mass is 32.2. The Labute approximate surface area is 142 Å². The molecule has 0 bridgehead atoms. The number of rotatable bonds is 5. The molecule has 0 aromatic heterocycles. The van der Waals surface area contributed by atoms with E-state index in [4.69, 9.17) is 9.47 Å². The van der Waals surface area contributed by atoms with E-state index in [0.717, 1.165) is 0 Å². The molecule has 2 rings (SSSR count). The number of hydrogen-bond donors (Lipinski definition) is 0. The molecule has 0 unspecified atom stereocenters. The SMILES string of the molecule is COc1ccc(OC)c(C(=O)N2CCN(S(=O)(=O)N(C)C)CC2)c1. The third kappa shape index (κ3) is 3.63. The molecule has 1 aromatic rings. The van der Waals surface area contributed by atoms with E-state index in [1.807, 2.05) is 0 Å². The summed E-state index contributed by atoms with van der Waals surface area (Å²) in [7, 11) is 2.56. The highest BCUT2D eigenvalue weighted by molar-refractivity contribution is 7.86. The number of methoxy groups -OCH3 is 2. The van der Waals surface area contributed by atoms with Crippen molar-refractivity contribution in [2.45, 2.75) is 0 Å². The van der Waals surface area contributed by atoms with E-state index in [-0.39, 0.29) is 19.0 Å². The quantitative estimate of drug-likeness (QED) is 0.756. The second-order valence-electron chi connectivity index (χ2n) is 5.55. The fourth-order valence-corrected chi connectivity index (χ4v) is 3.59. The minimum atomic E-state index is -3.45. The van der Waals surface area contributed by atoms with Crippen molar-refractivity contribution in [3.63, 3.8) is 0 Å². The van der Waals surface area contributed by atoms with E-state index in [9.17, 15) is 13.2 Å². The van der Waals surface area contributed by atoms with Gasteiger partial charge < -0.3 is 14.4 Å². The van der Waals surface area contributed by atoms with Crippen molar-refractivity contribution in [2.75, 3.05) is 54.5 Å². The van der Waals surface area contributed by atoms with Crippen LogP contribution >= 0.6 is 0 Å². The average molecular weight is 357 g/mol. The predicted octanol–water partition coefficient (Wildman–Crippen LogP) is 0.268. The van der Waals surface area contributed by atoms with Crippen LogP contribution in [0.4, 0.5) is 0 Å². The maximum absolute atomic E-state index is 12.7. The largest absolute Gasteiger partial charge is 0.497 e. The smallest absolute Gasteiger partial charge is 0.281 e. The molecule has 1 aliphatic rings. The van der Waals surface area contributed by atoms with E-state index in [1.54, 1.807) is 23.1 Å². The zero-order valence-corrected chi connectivity index (χ0v) is 15.2. The Morgan fingerprint density at radius 1 is 1.08 bits per heavy atom. The summed E-state index contributed by atoms with van der Waals surface area (Å²) < 4.78 is 37.2. The first-order valence-electron chi connectivity index (χ1n) is 7.50. The van der Waals surface area contributed by atoms with Gasteiger partial charge in [-0.15, -0.1) is 0 Å². The van der Waals surface area contributed by atoms with Crippen molar-refractivity contribution in [3.8, 4) is 11.5 Å². The number of amides is 1. The molecule has 1 fully saturated rings. The highest BCUT2D eigenvalue weighted by Crippen LogP contribution is 2.26. The van der Waals surface area contributed by atoms with Gasteiger partial charge in [0.15, 0.2) is 0 Å². The Morgan fingerprint density at radius 3 is 2.21 bits per heavy atom. The molecular formula is C15H23N3O5S. The molecule has 0 spiro atoms. The molecule has 1 aliphatic heterocycles. The number of hydrogen-bond acceptors (Lipinski definition) is 5. The summed E-state index contributed by atoms with van der Waals surface area (Å²) in [5, 5.41) is 0. The summed E-state index contributed by atoms with van der Waals surface area (Å²) in [6.45, 7) is 1.18. The van der Waals surface area contributed by atoms with E-state index < -0.39 is 10.2 Å². The first-order chi connectivity index (χ1) is 11.3. The molecule has 1 aromatic carbocycles. The maximum Gasteiger partial charge on any atom is 0.281 e. The Hall–Kier alpha value is -1.84. The maximum atomic E-state index is 12.7. The Kier molecular flexibility index (Phi) is 5.68. The summed E-state index contributed by atoms with van der Waals surface area (Å²) in [6.07, 6.45) is 0. The molecule has 1 saturated heterocycles. The molecule has 0 aliphatic carbocycles. The van der Waals surface area contributed by atoms with Crippen molar-refractivity contribution in [1.29, 1.82) is 0 Å². The van der Waals surface area contributed by atoms with Gasteiger partial charge in [-0.1, -0.05) is 0 Å². The minimum Gasteiger partial charge on any atom is -0.497 e. The van der Waals surface area contributed by atoms with Crippen molar-refractivity contribution in [1.82, 2.24) is 13.5 Å². The number of carbonyl (C=O) groups excluding carboxylic acids is 1. The summed E-state index contributed by atoms with van der Waals surface area (Å²) in [6, 6.07) is 5.03. The Bertz CT molecular complexity index is 697. The molecule has 0 saturated carbocycles. The van der Waals surface area contributed by atoms with Crippen LogP contribution in [-0.4, -0.2) is 82.3 Å². The lowest BCUT2D eigenvalue weighted by molar-refractivity contribution is 0.0691. The normalized spacial score (nSPS) is 16.3. The number of carbonyl (C=O) groups is 1. The van der Waals surface area contributed by atoms with Crippen LogP contribution in [0.2, 0.25) is 0 Å². The molecule has 1 amide bonds. The van der Waals surface area contributed by atoms with Crippen LogP contribution in [0.15, 0.2) is 18.2 Å². The van der Waals surface area contributed by atoms with Gasteiger partial charge >= 0.3 is 0 Å². The van der Waals surface area contributed by atoms with Crippen LogP contribution < -0.4 is 9.47 Å². The van der Waals surface area contributed by atoms with Crippen molar-refractivity contribution in [3.05, 3.63) is 23.8 Å². The molecule has 0 atom stereocenters. The number of piperazine rings is 1. The van der Waals surface area contributed by atoms with Crippen LogP contribution in [0.25, 0.3) is 0 Å². The third-order valence-electron chi connectivity index (χ3n) is 3.95. The van der Waals surface area contributed by atoms with E-state index in [1.165, 1.54) is 36.9 Å². The van der Waals surface area contributed by atoms with Gasteiger partial charge in [-0.25, -0.2) is 0 Å². The van der Waals surface area contributed by atoms with Crippen molar-refractivity contribution in [2.24, 2.45) is 0 Å². The van der Waals surface area contributed by atoms with Gasteiger partial charge in [-0.05, 0) is 18.2 Å². The summed E-state index contributed by atoms with van der Waals surface area (Å²) >= 11 is 0. The third-order valence-corrected chi connectivity index (χ3v) is 5.89. The molecule has 0 radical (unpaired) electrons. The van der Waals surface area contributed by atoms with Gasteiger partial charge in [0.05, 0.1) is 19.8 Å². The van der Waals surface area contributed by atoms with E-state index >= 15 is 0 Å². The number of nitrogens with zero attached hydrogens (tertiary/aromatic N) is 3. The second-order valence-corrected chi connectivity index (χ2v) is 7.69. The van der Waals surface area contributed by atoms with Crippen LogP contribution in [-0.2, 0) is 10.2 Å². The van der Waals surface area contributed by atoms with Gasteiger partial charge in [0.2, 0.25) is 0 Å². The first-order valence-corrected chi connectivity index (χ1v) is 8.90. The number of benzene rings is 1. The molecule has 9 heteroatoms. The van der Waals surface area contributed by atoms with Gasteiger partial charge in [0.1, 0.15) is 11.5 Å². The van der Waals surface area contributed by atoms with Gasteiger partial charge in [0.25, 0.3) is 16.1 Å². The summed E-state index contributed by atoms with van der Waals surface area (Å²) in [5.74, 6) is 0.824. The zero-order chi connectivity index (χ0) is 17.9. The van der Waals surface area contributed by atoms with Crippen LogP contribution in [0.5, 0.6) is 11.5 Å². The first kappa shape index (κ1) is 18.5. The second kappa shape index (κ2) is 7.37. The van der Waals surface area contributed by atoms with Gasteiger partial charge in [-0.3, -0.25) is 4.79 Å². The lowest BCUT2D eigenvalue weighted by Crippen LogP contribution is -2.53. The highest BCUT2D eigenvalue weighted by Gasteiger charge is 2.31. The lowest BCUT2D eigenvalue weighted by atomic mass is 10.1. The molecule has 24 heavy (non-hydrogen) atoms. The Morgan fingerprint density at radius 2 is 1.71 bits per heavy atom. The zero-order valence-electron chi connectivity index (χ0n) is 14.4. The summed E-state index contributed by atoms with van der Waals surface area (Å²) in [5.41, 5.74) is 0.403. The topological polar surface area (TPSA) is 79.4 Å². The fraction of sp³-hybridized carbons (Fsp3) is 0.533. The minimum absolute atomic E-state index is 0.201.